The summed E-state index contributed by atoms with van der Waals surface area (Å²) in [5.74, 6) is 0.994. The second-order valence-electron chi connectivity index (χ2n) is 2.53. The zero-order valence-electron chi connectivity index (χ0n) is 6.97. The predicted octanol–water partition coefficient (Wildman–Crippen LogP) is 2.81. The lowest BCUT2D eigenvalue weighted by Gasteiger charge is -2.18. The fourth-order valence-corrected chi connectivity index (χ4v) is 1.21. The monoisotopic (exact) mass is 150 g/mol. The molecule has 0 aliphatic carbocycles. The minimum atomic E-state index is 0.844. The molecule has 0 N–H and O–H groups in total. The Hall–Kier alpha value is -0.980. The van der Waals surface area contributed by atoms with Crippen LogP contribution in [-0.4, -0.2) is 6.61 Å². The van der Waals surface area contributed by atoms with Gasteiger partial charge in [-0.05, 0) is 31.4 Å². The van der Waals surface area contributed by atoms with Crippen LogP contribution in [0.15, 0.2) is 36.1 Å². The lowest BCUT2D eigenvalue weighted by molar-refractivity contribution is 0.194. The molecule has 1 heteroatoms. The van der Waals surface area contributed by atoms with E-state index in [9.17, 15) is 0 Å². The topological polar surface area (TPSA) is 9.23 Å². The van der Waals surface area contributed by atoms with Gasteiger partial charge < -0.3 is 4.74 Å². The Morgan fingerprint density at radius 1 is 1.55 bits per heavy atom. The molecule has 0 saturated carbocycles. The van der Waals surface area contributed by atoms with Crippen molar-refractivity contribution in [3.05, 3.63) is 36.1 Å². The van der Waals surface area contributed by atoms with Crippen molar-refractivity contribution in [3.63, 3.8) is 0 Å². The largest absolute Gasteiger partial charge is 0.493 e. The van der Waals surface area contributed by atoms with Crippen molar-refractivity contribution in [2.75, 3.05) is 6.61 Å². The van der Waals surface area contributed by atoms with Crippen molar-refractivity contribution < 1.29 is 4.74 Å². The van der Waals surface area contributed by atoms with E-state index in [2.05, 4.69) is 12.7 Å². The second kappa shape index (κ2) is 4.02. The van der Waals surface area contributed by atoms with E-state index in [0.29, 0.717) is 0 Å². The van der Waals surface area contributed by atoms with Crippen LogP contribution in [0.5, 0.6) is 0 Å². The van der Waals surface area contributed by atoms with Crippen LogP contribution in [0.4, 0.5) is 0 Å². The number of rotatable bonds is 1. The van der Waals surface area contributed by atoms with Gasteiger partial charge in [-0.25, -0.2) is 0 Å². The highest BCUT2D eigenvalue weighted by molar-refractivity contribution is 5.29. The third kappa shape index (κ3) is 1.97. The number of allylic oxidation sites excluding steroid dienone is 4. The van der Waals surface area contributed by atoms with Gasteiger partial charge in [0.2, 0.25) is 0 Å². The minimum Gasteiger partial charge on any atom is -0.493 e. The Morgan fingerprint density at radius 3 is 3.00 bits per heavy atom. The highest BCUT2D eigenvalue weighted by Gasteiger charge is 2.09. The summed E-state index contributed by atoms with van der Waals surface area (Å²) >= 11 is 0. The molecule has 1 saturated heterocycles. The zero-order chi connectivity index (χ0) is 8.10. The van der Waals surface area contributed by atoms with Crippen molar-refractivity contribution in [2.24, 2.45) is 0 Å². The molecule has 0 radical (unpaired) electrons. The molecule has 0 bridgehead atoms. The molecule has 0 spiro atoms. The molecular formula is C10H14O. The molecule has 0 aromatic carbocycles. The molecule has 1 heterocycles. The molecule has 60 valence electrons. The minimum absolute atomic E-state index is 0.844. The average molecular weight is 150 g/mol. The lowest BCUT2D eigenvalue weighted by atomic mass is 10.1. The summed E-state index contributed by atoms with van der Waals surface area (Å²) < 4.78 is 5.44. The Balaban J connectivity index is 2.74. The van der Waals surface area contributed by atoms with E-state index < -0.39 is 0 Å². The summed E-state index contributed by atoms with van der Waals surface area (Å²) in [4.78, 5) is 0. The van der Waals surface area contributed by atoms with Crippen LogP contribution in [0.25, 0.3) is 0 Å². The summed E-state index contributed by atoms with van der Waals surface area (Å²) in [6, 6.07) is 0. The lowest BCUT2D eigenvalue weighted by Crippen LogP contribution is -2.05. The Morgan fingerprint density at radius 2 is 2.36 bits per heavy atom. The molecule has 11 heavy (non-hydrogen) atoms. The third-order valence-electron chi connectivity index (χ3n) is 1.78. The van der Waals surface area contributed by atoms with Crippen LogP contribution in [0.1, 0.15) is 19.8 Å². The Labute approximate surface area is 68.1 Å². The summed E-state index contributed by atoms with van der Waals surface area (Å²) in [7, 11) is 0. The van der Waals surface area contributed by atoms with E-state index in [1.807, 2.05) is 13.0 Å². The molecule has 0 atom stereocenters. The first-order valence-electron chi connectivity index (χ1n) is 3.99. The van der Waals surface area contributed by atoms with Gasteiger partial charge in [-0.3, -0.25) is 0 Å². The van der Waals surface area contributed by atoms with E-state index in [-0.39, 0.29) is 0 Å². The van der Waals surface area contributed by atoms with Crippen LogP contribution in [-0.2, 0) is 4.74 Å². The van der Waals surface area contributed by atoms with E-state index in [1.54, 1.807) is 6.08 Å². The summed E-state index contributed by atoms with van der Waals surface area (Å²) in [5.41, 5.74) is 1.30. The van der Waals surface area contributed by atoms with Gasteiger partial charge in [0.25, 0.3) is 0 Å². The van der Waals surface area contributed by atoms with Crippen LogP contribution >= 0.6 is 0 Å². The van der Waals surface area contributed by atoms with Gasteiger partial charge in [0, 0.05) is 0 Å². The van der Waals surface area contributed by atoms with Crippen molar-refractivity contribution >= 4 is 0 Å². The van der Waals surface area contributed by atoms with E-state index in [1.165, 1.54) is 5.57 Å². The van der Waals surface area contributed by atoms with Gasteiger partial charge in [-0.15, -0.1) is 0 Å². The number of ether oxygens (including phenoxy) is 1. The fourth-order valence-electron chi connectivity index (χ4n) is 1.21. The van der Waals surface area contributed by atoms with E-state index in [0.717, 1.165) is 25.2 Å². The van der Waals surface area contributed by atoms with Crippen LogP contribution < -0.4 is 0 Å². The maximum Gasteiger partial charge on any atom is 0.122 e. The maximum atomic E-state index is 5.44. The SMILES string of the molecule is C=CC=C1OCCCC1=CC. The predicted molar refractivity (Wildman–Crippen MR) is 47.2 cm³/mol. The molecule has 0 unspecified atom stereocenters. The quantitative estimate of drug-likeness (QED) is 0.558. The molecule has 1 rings (SSSR count). The average Bonchev–Trinajstić information content (AvgIpc) is 2.06. The van der Waals surface area contributed by atoms with E-state index in [4.69, 9.17) is 4.74 Å². The third-order valence-corrected chi connectivity index (χ3v) is 1.78. The highest BCUT2D eigenvalue weighted by atomic mass is 16.5. The zero-order valence-corrected chi connectivity index (χ0v) is 6.97. The van der Waals surface area contributed by atoms with Crippen molar-refractivity contribution in [1.29, 1.82) is 0 Å². The van der Waals surface area contributed by atoms with Gasteiger partial charge in [-0.1, -0.05) is 18.7 Å². The van der Waals surface area contributed by atoms with Gasteiger partial charge in [-0.2, -0.15) is 0 Å². The summed E-state index contributed by atoms with van der Waals surface area (Å²) in [6.07, 6.45) is 8.07. The van der Waals surface area contributed by atoms with Crippen LogP contribution in [0, 0.1) is 0 Å². The van der Waals surface area contributed by atoms with Crippen molar-refractivity contribution in [3.8, 4) is 0 Å². The first-order chi connectivity index (χ1) is 5.38. The summed E-state index contributed by atoms with van der Waals surface area (Å²) in [6.45, 7) is 6.53. The smallest absolute Gasteiger partial charge is 0.122 e. The van der Waals surface area contributed by atoms with Crippen molar-refractivity contribution in [1.82, 2.24) is 0 Å². The Kier molecular flexibility index (Phi) is 2.96. The first kappa shape index (κ1) is 8.12. The molecule has 1 aliphatic rings. The fraction of sp³-hybridized carbons (Fsp3) is 0.400. The maximum absolute atomic E-state index is 5.44. The standard InChI is InChI=1S/C10H14O/c1-3-6-10-9(4-2)7-5-8-11-10/h3-4,6H,1,5,7-8H2,2H3. The normalized spacial score (nSPS) is 25.2. The second-order valence-corrected chi connectivity index (χ2v) is 2.53. The van der Waals surface area contributed by atoms with Gasteiger partial charge in [0.1, 0.15) is 5.76 Å². The van der Waals surface area contributed by atoms with Gasteiger partial charge in [0.15, 0.2) is 0 Å². The molecule has 1 aliphatic heterocycles. The van der Waals surface area contributed by atoms with Gasteiger partial charge in [0.05, 0.1) is 6.61 Å². The summed E-state index contributed by atoms with van der Waals surface area (Å²) in [5, 5.41) is 0. The Bertz CT molecular complexity index is 199. The van der Waals surface area contributed by atoms with Gasteiger partial charge >= 0.3 is 0 Å². The molecular weight excluding hydrogens is 136 g/mol. The first-order valence-corrected chi connectivity index (χ1v) is 3.99. The van der Waals surface area contributed by atoms with Crippen molar-refractivity contribution in [2.45, 2.75) is 19.8 Å². The molecule has 0 aromatic heterocycles. The number of hydrogen-bond donors (Lipinski definition) is 0. The van der Waals surface area contributed by atoms with E-state index >= 15 is 0 Å². The molecule has 1 fully saturated rings. The number of hydrogen-bond acceptors (Lipinski definition) is 1. The molecule has 0 amide bonds. The highest BCUT2D eigenvalue weighted by Crippen LogP contribution is 2.22. The molecule has 0 aromatic rings. The molecule has 1 nitrogen and oxygen atoms in total. The van der Waals surface area contributed by atoms with Crippen LogP contribution in [0.2, 0.25) is 0 Å². The van der Waals surface area contributed by atoms with Crippen LogP contribution in [0.3, 0.4) is 0 Å².